The number of carbonyl (C=O) groups excluding carboxylic acids is 1. The van der Waals surface area contributed by atoms with Crippen molar-refractivity contribution in [1.82, 2.24) is 9.78 Å². The molecule has 0 saturated carbocycles. The predicted molar refractivity (Wildman–Crippen MR) is 111 cm³/mol. The first-order valence-electron chi connectivity index (χ1n) is 8.42. The Morgan fingerprint density at radius 1 is 1.04 bits per heavy atom. The van der Waals surface area contributed by atoms with Crippen molar-refractivity contribution in [1.29, 1.82) is 0 Å². The number of rotatable bonds is 3. The zero-order chi connectivity index (χ0) is 19.8. The molecule has 4 rings (SSSR count). The van der Waals surface area contributed by atoms with Crippen LogP contribution in [0.3, 0.4) is 0 Å². The number of hydrogen-bond donors (Lipinski definition) is 2. The Balaban J connectivity index is 1.74. The van der Waals surface area contributed by atoms with E-state index in [1.165, 1.54) is 15.8 Å². The molecule has 28 heavy (non-hydrogen) atoms. The topological polar surface area (TPSA) is 90.7 Å². The molecular weight excluding hydrogens is 424 g/mol. The summed E-state index contributed by atoms with van der Waals surface area (Å²) in [6.07, 6.45) is 1.37. The molecule has 140 valence electrons. The Bertz CT molecular complexity index is 1170. The van der Waals surface area contributed by atoms with Crippen molar-refractivity contribution in [2.24, 2.45) is 5.10 Å². The van der Waals surface area contributed by atoms with Gasteiger partial charge in [-0.2, -0.15) is 10.1 Å². The molecule has 0 bridgehead atoms. The summed E-state index contributed by atoms with van der Waals surface area (Å²) >= 11 is 3.34. The number of aromatic hydroxyl groups is 1. The molecule has 0 radical (unpaired) electrons. The highest BCUT2D eigenvalue weighted by Crippen LogP contribution is 2.27. The van der Waals surface area contributed by atoms with E-state index in [4.69, 9.17) is 0 Å². The SMILES string of the molecule is CC1=NN(c2ccccc2)C(=O)/C1=C\c1c(O)n(-c2ccc(Br)cc2)[nH]c1=O. The molecular formula is C20H15BrN4O3. The first-order valence-corrected chi connectivity index (χ1v) is 9.21. The number of aromatic nitrogens is 2. The van der Waals surface area contributed by atoms with Crippen molar-refractivity contribution in [3.63, 3.8) is 0 Å². The normalized spacial score (nSPS) is 15.4. The fourth-order valence-electron chi connectivity index (χ4n) is 2.92. The summed E-state index contributed by atoms with van der Waals surface area (Å²) in [5.74, 6) is -0.641. The molecule has 0 atom stereocenters. The van der Waals surface area contributed by atoms with Crippen LogP contribution < -0.4 is 10.6 Å². The predicted octanol–water partition coefficient (Wildman–Crippen LogP) is 3.44. The summed E-state index contributed by atoms with van der Waals surface area (Å²) in [5.41, 5.74) is 1.40. The number of H-pyrrole nitrogens is 1. The van der Waals surface area contributed by atoms with E-state index in [9.17, 15) is 14.7 Å². The van der Waals surface area contributed by atoms with Crippen molar-refractivity contribution >= 4 is 39.3 Å². The van der Waals surface area contributed by atoms with Gasteiger partial charge in [0.15, 0.2) is 0 Å². The molecule has 1 amide bonds. The Kier molecular flexibility index (Phi) is 4.48. The monoisotopic (exact) mass is 438 g/mol. The van der Waals surface area contributed by atoms with Gasteiger partial charge in [0.2, 0.25) is 5.88 Å². The minimum Gasteiger partial charge on any atom is -0.493 e. The van der Waals surface area contributed by atoms with Crippen LogP contribution in [0.5, 0.6) is 5.88 Å². The summed E-state index contributed by atoms with van der Waals surface area (Å²) in [6, 6.07) is 16.1. The summed E-state index contributed by atoms with van der Waals surface area (Å²) in [4.78, 5) is 25.2. The van der Waals surface area contributed by atoms with Gasteiger partial charge >= 0.3 is 0 Å². The van der Waals surface area contributed by atoms with Crippen LogP contribution in [0.15, 0.2) is 74.5 Å². The Morgan fingerprint density at radius 2 is 1.71 bits per heavy atom. The number of nitrogens with zero attached hydrogens (tertiary/aromatic N) is 3. The minimum absolute atomic E-state index is 0.00395. The second kappa shape index (κ2) is 6.97. The number of anilines is 1. The second-order valence-corrected chi connectivity index (χ2v) is 7.10. The maximum absolute atomic E-state index is 12.8. The highest BCUT2D eigenvalue weighted by molar-refractivity contribution is 9.10. The van der Waals surface area contributed by atoms with Crippen LogP contribution in [0.4, 0.5) is 5.69 Å². The van der Waals surface area contributed by atoms with E-state index in [2.05, 4.69) is 26.1 Å². The van der Waals surface area contributed by atoms with E-state index in [1.54, 1.807) is 43.3 Å². The molecule has 1 aliphatic rings. The van der Waals surface area contributed by atoms with Crippen LogP contribution in [0.2, 0.25) is 0 Å². The van der Waals surface area contributed by atoms with Crippen LogP contribution in [-0.4, -0.2) is 26.5 Å². The number of nitrogens with one attached hydrogen (secondary N) is 1. The van der Waals surface area contributed by atoms with Crippen LogP contribution in [0, 0.1) is 0 Å². The van der Waals surface area contributed by atoms with Gasteiger partial charge in [-0.15, -0.1) is 0 Å². The smallest absolute Gasteiger partial charge is 0.280 e. The van der Waals surface area contributed by atoms with Gasteiger partial charge in [-0.3, -0.25) is 14.7 Å². The molecule has 2 heterocycles. The molecule has 0 saturated heterocycles. The van der Waals surface area contributed by atoms with Gasteiger partial charge in [-0.05, 0) is 49.4 Å². The number of hydrazone groups is 1. The highest BCUT2D eigenvalue weighted by atomic mass is 79.9. The quantitative estimate of drug-likeness (QED) is 0.613. The molecule has 0 spiro atoms. The van der Waals surface area contributed by atoms with Gasteiger partial charge in [0.1, 0.15) is 5.56 Å². The van der Waals surface area contributed by atoms with Crippen molar-refractivity contribution in [3.8, 4) is 11.6 Å². The van der Waals surface area contributed by atoms with Gasteiger partial charge in [0.05, 0.1) is 22.7 Å². The Morgan fingerprint density at radius 3 is 2.39 bits per heavy atom. The number of para-hydroxylation sites is 1. The molecule has 3 aromatic rings. The first-order chi connectivity index (χ1) is 13.5. The molecule has 2 N–H and O–H groups in total. The number of aromatic amines is 1. The zero-order valence-electron chi connectivity index (χ0n) is 14.8. The molecule has 1 aromatic heterocycles. The van der Waals surface area contributed by atoms with Crippen LogP contribution in [-0.2, 0) is 4.79 Å². The molecule has 7 nitrogen and oxygen atoms in total. The number of benzene rings is 2. The van der Waals surface area contributed by atoms with E-state index in [0.717, 1.165) is 4.47 Å². The summed E-state index contributed by atoms with van der Waals surface area (Å²) < 4.78 is 2.14. The first kappa shape index (κ1) is 18.0. The summed E-state index contributed by atoms with van der Waals surface area (Å²) in [5, 5.41) is 18.7. The third-order valence-corrected chi connectivity index (χ3v) is 4.88. The van der Waals surface area contributed by atoms with E-state index in [-0.39, 0.29) is 22.9 Å². The van der Waals surface area contributed by atoms with Crippen molar-refractivity contribution in [3.05, 3.63) is 80.6 Å². The lowest BCUT2D eigenvalue weighted by Crippen LogP contribution is -2.21. The molecule has 8 heteroatoms. The fourth-order valence-corrected chi connectivity index (χ4v) is 3.18. The Labute approximate surface area is 168 Å². The third kappa shape index (κ3) is 3.07. The highest BCUT2D eigenvalue weighted by Gasteiger charge is 2.29. The maximum Gasteiger partial charge on any atom is 0.280 e. The van der Waals surface area contributed by atoms with Gasteiger partial charge in [-0.25, -0.2) is 4.68 Å². The average Bonchev–Trinajstić information content (AvgIpc) is 3.14. The van der Waals surface area contributed by atoms with Crippen molar-refractivity contribution in [2.45, 2.75) is 6.92 Å². The zero-order valence-corrected chi connectivity index (χ0v) is 16.3. The van der Waals surface area contributed by atoms with Crippen molar-refractivity contribution in [2.75, 3.05) is 5.01 Å². The fraction of sp³-hybridized carbons (Fsp3) is 0.0500. The summed E-state index contributed by atoms with van der Waals surface area (Å²) in [7, 11) is 0. The largest absolute Gasteiger partial charge is 0.493 e. The van der Waals surface area contributed by atoms with E-state index < -0.39 is 5.56 Å². The van der Waals surface area contributed by atoms with Gasteiger partial charge in [0.25, 0.3) is 11.5 Å². The van der Waals surface area contributed by atoms with Crippen LogP contribution >= 0.6 is 15.9 Å². The van der Waals surface area contributed by atoms with E-state index in [0.29, 0.717) is 17.1 Å². The van der Waals surface area contributed by atoms with Gasteiger partial charge in [-0.1, -0.05) is 34.1 Å². The lowest BCUT2D eigenvalue weighted by molar-refractivity contribution is -0.114. The van der Waals surface area contributed by atoms with E-state index in [1.807, 2.05) is 18.2 Å². The second-order valence-electron chi connectivity index (χ2n) is 6.19. The number of amides is 1. The molecule has 2 aromatic carbocycles. The maximum atomic E-state index is 12.8. The number of hydrogen-bond acceptors (Lipinski definition) is 4. The lowest BCUT2D eigenvalue weighted by atomic mass is 10.1. The van der Waals surface area contributed by atoms with Crippen LogP contribution in [0.1, 0.15) is 12.5 Å². The Hall–Kier alpha value is -3.39. The third-order valence-electron chi connectivity index (χ3n) is 4.35. The molecule has 0 unspecified atom stereocenters. The van der Waals surface area contributed by atoms with Crippen LogP contribution in [0.25, 0.3) is 11.8 Å². The molecule has 0 aliphatic carbocycles. The average molecular weight is 439 g/mol. The standard InChI is InChI=1S/C20H15BrN4O3/c1-12-16(19(27)24(22-12)14-5-3-2-4-6-14)11-17-18(26)23-25(20(17)28)15-9-7-13(21)8-10-15/h2-11,28H,1H3,(H,23,26)/b16-11-. The van der Waals surface area contributed by atoms with E-state index >= 15 is 0 Å². The van der Waals surface area contributed by atoms with Gasteiger partial charge < -0.3 is 5.11 Å². The molecule has 0 fully saturated rings. The molecule has 1 aliphatic heterocycles. The van der Waals surface area contributed by atoms with Crippen molar-refractivity contribution < 1.29 is 9.90 Å². The number of halogens is 1. The lowest BCUT2D eigenvalue weighted by Gasteiger charge is -2.10. The minimum atomic E-state index is -0.508. The number of carbonyl (C=O) groups is 1. The summed E-state index contributed by atoms with van der Waals surface area (Å²) in [6.45, 7) is 1.68. The van der Waals surface area contributed by atoms with Gasteiger partial charge in [0, 0.05) is 4.47 Å².